The maximum absolute atomic E-state index is 2.63. The molecule has 0 bridgehead atoms. The SMILES string of the molecule is C1=CC2C(C=C1c1ccc3c(c1)sc1ccccc13)c1c(-c3ccccc3)c(-c3ccccc3)c(-c3ccccc3)c(-c3ccccc3)c1N2c1ccccc1. The quantitative estimate of drug-likeness (QED) is 0.165. The van der Waals surface area contributed by atoms with Crippen molar-refractivity contribution in [2.75, 3.05) is 4.90 Å². The Hall–Kier alpha value is -6.74. The zero-order valence-corrected chi connectivity index (χ0v) is 31.5. The van der Waals surface area contributed by atoms with Crippen LogP contribution in [0.4, 0.5) is 11.4 Å². The Bertz CT molecular complexity index is 2940. The first kappa shape index (κ1) is 32.7. The molecule has 2 heteroatoms. The molecule has 2 unspecified atom stereocenters. The van der Waals surface area contributed by atoms with Crippen LogP contribution in [0.25, 0.3) is 70.3 Å². The minimum absolute atomic E-state index is 0.0729. The predicted molar refractivity (Wildman–Crippen MR) is 240 cm³/mol. The van der Waals surface area contributed by atoms with E-state index in [9.17, 15) is 0 Å². The molecule has 1 nitrogen and oxygen atoms in total. The second-order valence-corrected chi connectivity index (χ2v) is 15.8. The Labute approximate surface area is 331 Å². The van der Waals surface area contributed by atoms with Gasteiger partial charge in [0.2, 0.25) is 0 Å². The van der Waals surface area contributed by atoms with Gasteiger partial charge < -0.3 is 4.90 Å². The summed E-state index contributed by atoms with van der Waals surface area (Å²) in [7, 11) is 0. The van der Waals surface area contributed by atoms with E-state index >= 15 is 0 Å². The second kappa shape index (κ2) is 13.5. The highest BCUT2D eigenvalue weighted by atomic mass is 32.1. The Balaban J connectivity index is 1.28. The first-order valence-corrected chi connectivity index (χ1v) is 20.2. The van der Waals surface area contributed by atoms with Crippen molar-refractivity contribution in [1.29, 1.82) is 0 Å². The third-order valence-corrected chi connectivity index (χ3v) is 12.7. The molecule has 0 radical (unpaired) electrons. The van der Waals surface area contributed by atoms with Crippen LogP contribution in [0.2, 0.25) is 0 Å². The maximum Gasteiger partial charge on any atom is 0.0630 e. The summed E-state index contributed by atoms with van der Waals surface area (Å²) in [6.45, 7) is 0. The van der Waals surface area contributed by atoms with E-state index < -0.39 is 0 Å². The van der Waals surface area contributed by atoms with Gasteiger partial charge in [-0.1, -0.05) is 188 Å². The number of nitrogens with zero attached hydrogens (tertiary/aromatic N) is 1. The van der Waals surface area contributed by atoms with Crippen LogP contribution < -0.4 is 4.90 Å². The van der Waals surface area contributed by atoms with Crippen LogP contribution in [0, 0.1) is 0 Å². The third kappa shape index (κ3) is 5.29. The van der Waals surface area contributed by atoms with Gasteiger partial charge in [-0.05, 0) is 74.3 Å². The lowest BCUT2D eigenvalue weighted by Gasteiger charge is -2.31. The molecule has 1 aliphatic heterocycles. The standard InChI is InChI=1S/C54H37NS/c1-6-18-36(19-7-1)49-50(37-20-8-2-9-21-37)52(39-24-12-4-13-25-39)54-53(51(49)38-22-10-3-11-23-38)45-34-40(31-33-46(45)55(54)42-26-14-5-15-27-42)41-30-32-44-43-28-16-17-29-47(43)56-48(44)35-41/h1-35,45-46H. The molecule has 0 N–H and O–H groups in total. The first-order chi connectivity index (χ1) is 27.8. The molecule has 1 aliphatic carbocycles. The molecule has 11 rings (SSSR count). The molecule has 0 amide bonds. The Morgan fingerprint density at radius 3 is 1.54 bits per heavy atom. The number of rotatable bonds is 6. The van der Waals surface area contributed by atoms with E-state index in [0.29, 0.717) is 0 Å². The zero-order chi connectivity index (χ0) is 37.0. The lowest BCUT2D eigenvalue weighted by Crippen LogP contribution is -2.29. The van der Waals surface area contributed by atoms with Gasteiger partial charge in [0.05, 0.1) is 11.7 Å². The van der Waals surface area contributed by atoms with Crippen LogP contribution in [-0.4, -0.2) is 6.04 Å². The third-order valence-electron chi connectivity index (χ3n) is 11.6. The van der Waals surface area contributed by atoms with Gasteiger partial charge in [0, 0.05) is 42.9 Å². The molecular weight excluding hydrogens is 695 g/mol. The molecule has 0 saturated heterocycles. The van der Waals surface area contributed by atoms with Crippen LogP contribution in [0.15, 0.2) is 212 Å². The molecule has 0 spiro atoms. The van der Waals surface area contributed by atoms with Crippen molar-refractivity contribution in [1.82, 2.24) is 0 Å². The number of allylic oxidation sites excluding steroid dienone is 2. The van der Waals surface area contributed by atoms with Gasteiger partial charge in [-0.3, -0.25) is 0 Å². The summed E-state index contributed by atoms with van der Waals surface area (Å²) < 4.78 is 2.66. The van der Waals surface area contributed by atoms with E-state index in [1.807, 2.05) is 11.3 Å². The molecule has 0 fully saturated rings. The molecule has 1 aromatic heterocycles. The smallest absolute Gasteiger partial charge is 0.0630 e. The van der Waals surface area contributed by atoms with E-state index in [4.69, 9.17) is 0 Å². The van der Waals surface area contributed by atoms with Crippen LogP contribution >= 0.6 is 11.3 Å². The summed E-state index contributed by atoms with van der Waals surface area (Å²) >= 11 is 1.88. The van der Waals surface area contributed by atoms with Crippen molar-refractivity contribution in [3.8, 4) is 44.5 Å². The number of anilines is 2. The van der Waals surface area contributed by atoms with Gasteiger partial charge in [0.15, 0.2) is 0 Å². The average molecular weight is 732 g/mol. The van der Waals surface area contributed by atoms with Crippen molar-refractivity contribution >= 4 is 48.5 Å². The molecule has 2 atom stereocenters. The number of fused-ring (bicyclic) bond motifs is 6. The van der Waals surface area contributed by atoms with E-state index in [-0.39, 0.29) is 12.0 Å². The molecule has 0 saturated carbocycles. The summed E-state index contributed by atoms with van der Waals surface area (Å²) in [5.74, 6) is 0.0771. The summed E-state index contributed by atoms with van der Waals surface area (Å²) in [4.78, 5) is 2.63. The Kier molecular flexibility index (Phi) is 7.89. The van der Waals surface area contributed by atoms with Crippen LogP contribution in [0.3, 0.4) is 0 Å². The zero-order valence-electron chi connectivity index (χ0n) is 30.7. The van der Waals surface area contributed by atoms with Crippen LogP contribution in [-0.2, 0) is 0 Å². The van der Waals surface area contributed by atoms with Crippen molar-refractivity contribution in [3.63, 3.8) is 0 Å². The Morgan fingerprint density at radius 2 is 0.911 bits per heavy atom. The molecule has 2 aliphatic rings. The van der Waals surface area contributed by atoms with Crippen LogP contribution in [0.1, 0.15) is 17.0 Å². The van der Waals surface area contributed by atoms with Gasteiger partial charge in [-0.15, -0.1) is 11.3 Å². The number of thiophene rings is 1. The van der Waals surface area contributed by atoms with Gasteiger partial charge in [-0.2, -0.15) is 0 Å². The molecule has 2 heterocycles. The molecule has 56 heavy (non-hydrogen) atoms. The fourth-order valence-electron chi connectivity index (χ4n) is 9.22. The predicted octanol–water partition coefficient (Wildman–Crippen LogP) is 15.0. The van der Waals surface area contributed by atoms with E-state index in [2.05, 4.69) is 217 Å². The highest BCUT2D eigenvalue weighted by molar-refractivity contribution is 7.25. The minimum Gasteiger partial charge on any atom is -0.333 e. The van der Waals surface area contributed by atoms with Crippen molar-refractivity contribution in [2.45, 2.75) is 12.0 Å². The van der Waals surface area contributed by atoms with Crippen LogP contribution in [0.5, 0.6) is 0 Å². The summed E-state index contributed by atoms with van der Waals surface area (Å²) in [6.07, 6.45) is 7.41. The van der Waals surface area contributed by atoms with E-state index in [1.54, 1.807) is 0 Å². The largest absolute Gasteiger partial charge is 0.333 e. The highest BCUT2D eigenvalue weighted by Gasteiger charge is 2.44. The van der Waals surface area contributed by atoms with Gasteiger partial charge in [0.25, 0.3) is 0 Å². The lowest BCUT2D eigenvalue weighted by molar-refractivity contribution is 0.748. The second-order valence-electron chi connectivity index (χ2n) is 14.7. The lowest BCUT2D eigenvalue weighted by atomic mass is 9.75. The van der Waals surface area contributed by atoms with Crippen molar-refractivity contribution < 1.29 is 0 Å². The van der Waals surface area contributed by atoms with E-state index in [1.165, 1.54) is 92.8 Å². The average Bonchev–Trinajstić information content (AvgIpc) is 3.82. The van der Waals surface area contributed by atoms with E-state index in [0.717, 1.165) is 0 Å². The van der Waals surface area contributed by atoms with Gasteiger partial charge >= 0.3 is 0 Å². The number of para-hydroxylation sites is 1. The fraction of sp³-hybridized carbons (Fsp3) is 0.0370. The van der Waals surface area contributed by atoms with Gasteiger partial charge in [-0.25, -0.2) is 0 Å². The molecule has 8 aromatic carbocycles. The molecule has 264 valence electrons. The number of hydrogen-bond donors (Lipinski definition) is 0. The highest BCUT2D eigenvalue weighted by Crippen LogP contribution is 2.61. The summed E-state index contributed by atoms with van der Waals surface area (Å²) in [5, 5.41) is 2.66. The number of hydrogen-bond acceptors (Lipinski definition) is 2. The van der Waals surface area contributed by atoms with Crippen molar-refractivity contribution in [2.24, 2.45) is 0 Å². The normalized spacial score (nSPS) is 15.9. The number of benzene rings is 8. The molecule has 9 aromatic rings. The topological polar surface area (TPSA) is 3.24 Å². The first-order valence-electron chi connectivity index (χ1n) is 19.4. The molecular formula is C54H37NS. The minimum atomic E-state index is 0.0729. The summed E-state index contributed by atoms with van der Waals surface area (Å²) in [5.41, 5.74) is 16.3. The maximum atomic E-state index is 2.63. The summed E-state index contributed by atoms with van der Waals surface area (Å²) in [6, 6.07) is 71.2. The van der Waals surface area contributed by atoms with Crippen molar-refractivity contribution in [3.05, 3.63) is 223 Å². The Morgan fingerprint density at radius 1 is 0.411 bits per heavy atom. The fourth-order valence-corrected chi connectivity index (χ4v) is 10.4. The van der Waals surface area contributed by atoms with Gasteiger partial charge in [0.1, 0.15) is 0 Å². The monoisotopic (exact) mass is 731 g/mol.